The van der Waals surface area contributed by atoms with Crippen LogP contribution in [0.1, 0.15) is 17.0 Å². The Morgan fingerprint density at radius 2 is 2.10 bits per heavy atom. The molecule has 1 atom stereocenters. The molecule has 0 radical (unpaired) electrons. The zero-order valence-corrected chi connectivity index (χ0v) is 11.3. The molecule has 1 aromatic carbocycles. The normalized spacial score (nSPS) is 17.6. The molecule has 1 heterocycles. The Morgan fingerprint density at radius 3 is 2.85 bits per heavy atom. The number of rotatable bonds is 2. The Morgan fingerprint density at radius 1 is 1.35 bits per heavy atom. The average Bonchev–Trinajstić information content (AvgIpc) is 2.90. The van der Waals surface area contributed by atoms with E-state index in [1.165, 1.54) is 17.4 Å². The number of halogens is 2. The first kappa shape index (κ1) is 13.2. The molecule has 0 saturated carbocycles. The van der Waals surface area contributed by atoms with Gasteiger partial charge in [0.2, 0.25) is 5.91 Å². The maximum absolute atomic E-state index is 13.5. The Labute approximate surface area is 118 Å². The highest BCUT2D eigenvalue weighted by atomic mass is 32.1. The number of anilines is 1. The fourth-order valence-electron chi connectivity index (χ4n) is 2.37. The zero-order valence-electron chi connectivity index (χ0n) is 10.5. The molecule has 1 unspecified atom stereocenters. The third kappa shape index (κ3) is 2.43. The molecule has 0 bridgehead atoms. The summed E-state index contributed by atoms with van der Waals surface area (Å²) < 4.78 is 27.0. The van der Waals surface area contributed by atoms with E-state index in [0.717, 1.165) is 29.1 Å². The van der Waals surface area contributed by atoms with E-state index in [2.05, 4.69) is 10.3 Å². The van der Waals surface area contributed by atoms with Crippen LogP contribution in [0.15, 0.2) is 23.7 Å². The molecular weight excluding hydrogens is 282 g/mol. The lowest BCUT2D eigenvalue weighted by molar-refractivity contribution is -0.120. The minimum atomic E-state index is -0.757. The number of thiazole rings is 1. The van der Waals surface area contributed by atoms with E-state index in [4.69, 9.17) is 0 Å². The second-order valence-corrected chi connectivity index (χ2v) is 5.69. The summed E-state index contributed by atoms with van der Waals surface area (Å²) in [5.74, 6) is -2.12. The van der Waals surface area contributed by atoms with E-state index in [0.29, 0.717) is 12.8 Å². The van der Waals surface area contributed by atoms with E-state index in [9.17, 15) is 13.6 Å². The van der Waals surface area contributed by atoms with Gasteiger partial charge in [0.15, 0.2) is 0 Å². The van der Waals surface area contributed by atoms with Gasteiger partial charge in [-0.2, -0.15) is 0 Å². The second-order valence-electron chi connectivity index (χ2n) is 4.75. The fraction of sp³-hybridized carbons (Fsp3) is 0.286. The minimum absolute atomic E-state index is 0.262. The molecule has 0 aliphatic heterocycles. The van der Waals surface area contributed by atoms with Crippen LogP contribution < -0.4 is 5.32 Å². The molecule has 3 nitrogen and oxygen atoms in total. The van der Waals surface area contributed by atoms with Crippen LogP contribution in [0.2, 0.25) is 0 Å². The lowest BCUT2D eigenvalue weighted by Crippen LogP contribution is -2.28. The van der Waals surface area contributed by atoms with Crippen molar-refractivity contribution in [1.29, 1.82) is 0 Å². The molecule has 1 aromatic heterocycles. The van der Waals surface area contributed by atoms with Crippen molar-refractivity contribution in [2.24, 2.45) is 5.92 Å². The quantitative estimate of drug-likeness (QED) is 0.924. The van der Waals surface area contributed by atoms with E-state index < -0.39 is 11.6 Å². The topological polar surface area (TPSA) is 42.0 Å². The van der Waals surface area contributed by atoms with Gasteiger partial charge in [-0.05, 0) is 31.4 Å². The third-order valence-corrected chi connectivity index (χ3v) is 4.37. The molecule has 1 N–H and O–H groups in total. The molecule has 1 aliphatic rings. The molecule has 0 fully saturated rings. The highest BCUT2D eigenvalue weighted by Crippen LogP contribution is 2.29. The van der Waals surface area contributed by atoms with Crippen LogP contribution in [0.3, 0.4) is 0 Å². The van der Waals surface area contributed by atoms with E-state index in [1.807, 2.05) is 0 Å². The molecule has 104 valence electrons. The van der Waals surface area contributed by atoms with Gasteiger partial charge in [-0.1, -0.05) is 6.07 Å². The Bertz CT molecular complexity index is 636. The summed E-state index contributed by atoms with van der Waals surface area (Å²) in [5, 5.41) is 2.37. The highest BCUT2D eigenvalue weighted by Gasteiger charge is 2.27. The Balaban J connectivity index is 1.75. The number of para-hydroxylation sites is 1. The predicted molar refractivity (Wildman–Crippen MR) is 72.6 cm³/mol. The predicted octanol–water partition coefficient (Wildman–Crippen LogP) is 3.16. The van der Waals surface area contributed by atoms with Gasteiger partial charge in [0.05, 0.1) is 11.2 Å². The third-order valence-electron chi connectivity index (χ3n) is 3.47. The zero-order chi connectivity index (χ0) is 14.1. The number of amides is 1. The van der Waals surface area contributed by atoms with Crippen molar-refractivity contribution in [3.63, 3.8) is 0 Å². The van der Waals surface area contributed by atoms with Crippen LogP contribution in [-0.2, 0) is 17.6 Å². The molecule has 6 heteroatoms. The molecule has 1 aliphatic carbocycles. The van der Waals surface area contributed by atoms with Crippen LogP contribution >= 0.6 is 11.3 Å². The summed E-state index contributed by atoms with van der Waals surface area (Å²) in [6.45, 7) is 0. The molecular formula is C14H12F2N2OS. The number of aryl methyl sites for hydroxylation is 1. The minimum Gasteiger partial charge on any atom is -0.321 e. The van der Waals surface area contributed by atoms with Gasteiger partial charge in [-0.15, -0.1) is 11.3 Å². The van der Waals surface area contributed by atoms with Gasteiger partial charge in [0.1, 0.15) is 17.3 Å². The number of hydrogen-bond donors (Lipinski definition) is 1. The number of nitrogens with one attached hydrogen (secondary N) is 1. The maximum Gasteiger partial charge on any atom is 0.228 e. The number of fused-ring (bicyclic) bond motifs is 1. The Kier molecular flexibility index (Phi) is 3.48. The smallest absolute Gasteiger partial charge is 0.228 e. The van der Waals surface area contributed by atoms with Crippen molar-refractivity contribution < 1.29 is 13.6 Å². The summed E-state index contributed by atoms with van der Waals surface area (Å²) in [5.41, 5.74) is 2.44. The summed E-state index contributed by atoms with van der Waals surface area (Å²) >= 11 is 1.52. The largest absolute Gasteiger partial charge is 0.321 e. The van der Waals surface area contributed by atoms with Crippen LogP contribution in [0, 0.1) is 17.6 Å². The van der Waals surface area contributed by atoms with Crippen LogP contribution in [-0.4, -0.2) is 10.9 Å². The van der Waals surface area contributed by atoms with Crippen molar-refractivity contribution in [1.82, 2.24) is 4.98 Å². The molecule has 0 saturated heterocycles. The maximum atomic E-state index is 13.5. The van der Waals surface area contributed by atoms with E-state index >= 15 is 0 Å². The standard InChI is InChI=1S/C14H12F2N2OS/c15-9-2-1-3-10(16)13(9)18-14(19)8-4-5-11-12(6-8)20-7-17-11/h1-3,7-8H,4-6H2,(H,18,19). The average molecular weight is 294 g/mol. The summed E-state index contributed by atoms with van der Waals surface area (Å²) in [6.07, 6.45) is 1.97. The van der Waals surface area contributed by atoms with Crippen molar-refractivity contribution in [2.45, 2.75) is 19.3 Å². The van der Waals surface area contributed by atoms with Crippen LogP contribution in [0.5, 0.6) is 0 Å². The van der Waals surface area contributed by atoms with Gasteiger partial charge in [-0.3, -0.25) is 4.79 Å². The summed E-state index contributed by atoms with van der Waals surface area (Å²) in [6, 6.07) is 3.52. The van der Waals surface area contributed by atoms with Gasteiger partial charge >= 0.3 is 0 Å². The van der Waals surface area contributed by atoms with E-state index in [1.54, 1.807) is 5.51 Å². The van der Waals surface area contributed by atoms with Gasteiger partial charge in [0, 0.05) is 10.8 Å². The van der Waals surface area contributed by atoms with Gasteiger partial charge < -0.3 is 5.32 Å². The van der Waals surface area contributed by atoms with Crippen molar-refractivity contribution >= 4 is 22.9 Å². The molecule has 2 aromatic rings. The number of benzene rings is 1. The monoisotopic (exact) mass is 294 g/mol. The van der Waals surface area contributed by atoms with Crippen LogP contribution in [0.25, 0.3) is 0 Å². The van der Waals surface area contributed by atoms with Crippen molar-refractivity contribution in [3.8, 4) is 0 Å². The van der Waals surface area contributed by atoms with Gasteiger partial charge in [0.25, 0.3) is 0 Å². The first-order valence-corrected chi connectivity index (χ1v) is 7.19. The molecule has 3 rings (SSSR count). The number of carbonyl (C=O) groups is 1. The van der Waals surface area contributed by atoms with Crippen molar-refractivity contribution in [2.75, 3.05) is 5.32 Å². The lowest BCUT2D eigenvalue weighted by Gasteiger charge is -2.20. The first-order chi connectivity index (χ1) is 9.65. The highest BCUT2D eigenvalue weighted by molar-refractivity contribution is 7.09. The van der Waals surface area contributed by atoms with Crippen molar-refractivity contribution in [3.05, 3.63) is 45.9 Å². The first-order valence-electron chi connectivity index (χ1n) is 6.31. The Hall–Kier alpha value is -1.82. The number of hydrogen-bond acceptors (Lipinski definition) is 3. The van der Waals surface area contributed by atoms with Gasteiger partial charge in [-0.25, -0.2) is 13.8 Å². The van der Waals surface area contributed by atoms with Crippen LogP contribution in [0.4, 0.5) is 14.5 Å². The molecule has 1 amide bonds. The summed E-state index contributed by atoms with van der Waals surface area (Å²) in [4.78, 5) is 17.5. The number of carbonyl (C=O) groups excluding carboxylic acids is 1. The number of nitrogens with zero attached hydrogens (tertiary/aromatic N) is 1. The lowest BCUT2D eigenvalue weighted by atomic mass is 9.90. The second kappa shape index (κ2) is 5.28. The SMILES string of the molecule is O=C(Nc1c(F)cccc1F)C1CCc2ncsc2C1. The molecule has 20 heavy (non-hydrogen) atoms. The summed E-state index contributed by atoms with van der Waals surface area (Å²) in [7, 11) is 0. The fourth-order valence-corrected chi connectivity index (χ4v) is 3.26. The number of aromatic nitrogens is 1. The van der Waals surface area contributed by atoms with E-state index in [-0.39, 0.29) is 17.5 Å². The molecule has 0 spiro atoms.